The third kappa shape index (κ3) is 4.07. The van der Waals surface area contributed by atoms with Crippen LogP contribution in [-0.4, -0.2) is 5.91 Å². The van der Waals surface area contributed by atoms with E-state index in [1.165, 1.54) is 5.56 Å². The van der Waals surface area contributed by atoms with Crippen molar-refractivity contribution >= 4 is 11.6 Å². The molecule has 0 bridgehead atoms. The fourth-order valence-corrected chi connectivity index (χ4v) is 2.50. The van der Waals surface area contributed by atoms with Crippen molar-refractivity contribution in [2.24, 2.45) is 0 Å². The first kappa shape index (κ1) is 16.8. The second kappa shape index (κ2) is 7.22. The normalized spacial score (nSPS) is 10.4. The highest BCUT2D eigenvalue weighted by molar-refractivity contribution is 6.04. The molecule has 0 radical (unpaired) electrons. The van der Waals surface area contributed by atoms with Crippen LogP contribution in [0.1, 0.15) is 27.0 Å². The van der Waals surface area contributed by atoms with E-state index in [0.29, 0.717) is 11.3 Å². The number of hydrogen-bond acceptors (Lipinski definition) is 2. The number of carbonyl (C=O) groups is 1. The number of benzene rings is 3. The zero-order valence-corrected chi connectivity index (χ0v) is 14.7. The molecular formula is C22H21NO2. The van der Waals surface area contributed by atoms with E-state index in [2.05, 4.69) is 5.32 Å². The third-order valence-corrected chi connectivity index (χ3v) is 4.23. The Morgan fingerprint density at radius 2 is 1.40 bits per heavy atom. The van der Waals surface area contributed by atoms with Crippen LogP contribution in [0.25, 0.3) is 0 Å². The van der Waals surface area contributed by atoms with E-state index >= 15 is 0 Å². The highest BCUT2D eigenvalue weighted by Crippen LogP contribution is 2.23. The van der Waals surface area contributed by atoms with Gasteiger partial charge in [-0.15, -0.1) is 0 Å². The van der Waals surface area contributed by atoms with Crippen molar-refractivity contribution in [2.75, 3.05) is 5.32 Å². The molecule has 1 amide bonds. The number of aryl methyl sites for hydroxylation is 2. The Balaban J connectivity index is 1.70. The number of amides is 1. The molecule has 0 atom stereocenters. The predicted octanol–water partition coefficient (Wildman–Crippen LogP) is 5.66. The Bertz CT molecular complexity index is 881. The maximum Gasteiger partial charge on any atom is 0.255 e. The summed E-state index contributed by atoms with van der Waals surface area (Å²) in [6.07, 6.45) is 0. The van der Waals surface area contributed by atoms with Gasteiger partial charge in [-0.25, -0.2) is 0 Å². The van der Waals surface area contributed by atoms with E-state index in [-0.39, 0.29) is 5.91 Å². The van der Waals surface area contributed by atoms with Gasteiger partial charge in [0.15, 0.2) is 0 Å². The molecule has 3 heteroatoms. The molecule has 0 aromatic heterocycles. The monoisotopic (exact) mass is 331 g/mol. The van der Waals surface area contributed by atoms with Crippen LogP contribution in [0.3, 0.4) is 0 Å². The summed E-state index contributed by atoms with van der Waals surface area (Å²) in [6, 6.07) is 20.9. The molecule has 0 fully saturated rings. The van der Waals surface area contributed by atoms with E-state index in [1.54, 1.807) is 24.3 Å². The average Bonchev–Trinajstić information content (AvgIpc) is 2.61. The van der Waals surface area contributed by atoms with Gasteiger partial charge in [0.25, 0.3) is 5.91 Å². The van der Waals surface area contributed by atoms with E-state index < -0.39 is 0 Å². The molecule has 0 aliphatic heterocycles. The van der Waals surface area contributed by atoms with Crippen molar-refractivity contribution in [3.05, 3.63) is 89.0 Å². The van der Waals surface area contributed by atoms with Crippen molar-refractivity contribution in [1.29, 1.82) is 0 Å². The van der Waals surface area contributed by atoms with Gasteiger partial charge in [-0.05, 0) is 74.4 Å². The summed E-state index contributed by atoms with van der Waals surface area (Å²) in [5.74, 6) is 1.35. The first-order valence-electron chi connectivity index (χ1n) is 8.25. The quantitative estimate of drug-likeness (QED) is 0.670. The summed E-state index contributed by atoms with van der Waals surface area (Å²) in [5, 5.41) is 2.96. The molecule has 1 N–H and O–H groups in total. The van der Waals surface area contributed by atoms with Crippen LogP contribution in [-0.2, 0) is 0 Å². The van der Waals surface area contributed by atoms with Gasteiger partial charge in [0.1, 0.15) is 11.5 Å². The molecular weight excluding hydrogens is 310 g/mol. The van der Waals surface area contributed by atoms with Gasteiger partial charge in [0.2, 0.25) is 0 Å². The third-order valence-electron chi connectivity index (χ3n) is 4.23. The van der Waals surface area contributed by atoms with Crippen LogP contribution in [0.5, 0.6) is 11.5 Å². The van der Waals surface area contributed by atoms with Gasteiger partial charge < -0.3 is 10.1 Å². The van der Waals surface area contributed by atoms with Crippen LogP contribution in [0, 0.1) is 20.8 Å². The molecule has 0 saturated heterocycles. The SMILES string of the molecule is Cc1ccc(Oc2ccc(C(=O)Nc3cccc(C)c3C)cc2)cc1. The zero-order chi connectivity index (χ0) is 17.8. The Labute approximate surface area is 148 Å². The van der Waals surface area contributed by atoms with Gasteiger partial charge >= 0.3 is 0 Å². The van der Waals surface area contributed by atoms with Crippen molar-refractivity contribution < 1.29 is 9.53 Å². The molecule has 3 aromatic rings. The van der Waals surface area contributed by atoms with Crippen LogP contribution in [0.4, 0.5) is 5.69 Å². The molecule has 126 valence electrons. The molecule has 0 spiro atoms. The zero-order valence-electron chi connectivity index (χ0n) is 14.7. The second-order valence-corrected chi connectivity index (χ2v) is 6.14. The minimum Gasteiger partial charge on any atom is -0.457 e. The fourth-order valence-electron chi connectivity index (χ4n) is 2.50. The fraction of sp³-hybridized carbons (Fsp3) is 0.136. The Kier molecular flexibility index (Phi) is 4.85. The lowest BCUT2D eigenvalue weighted by Crippen LogP contribution is -2.12. The van der Waals surface area contributed by atoms with Gasteiger partial charge in [-0.1, -0.05) is 29.8 Å². The van der Waals surface area contributed by atoms with Crippen LogP contribution < -0.4 is 10.1 Å². The lowest BCUT2D eigenvalue weighted by Gasteiger charge is -2.11. The predicted molar refractivity (Wildman–Crippen MR) is 102 cm³/mol. The van der Waals surface area contributed by atoms with Gasteiger partial charge in [-0.3, -0.25) is 4.79 Å². The molecule has 0 aliphatic rings. The molecule has 0 aliphatic carbocycles. The van der Waals surface area contributed by atoms with Crippen LogP contribution in [0.15, 0.2) is 66.7 Å². The molecule has 0 saturated carbocycles. The van der Waals surface area contributed by atoms with Crippen LogP contribution in [0.2, 0.25) is 0 Å². The summed E-state index contributed by atoms with van der Waals surface area (Å²) in [7, 11) is 0. The molecule has 3 rings (SSSR count). The van der Waals surface area contributed by atoms with E-state index in [9.17, 15) is 4.79 Å². The molecule has 3 aromatic carbocycles. The number of hydrogen-bond donors (Lipinski definition) is 1. The van der Waals surface area contributed by atoms with Gasteiger partial charge in [0.05, 0.1) is 0 Å². The van der Waals surface area contributed by atoms with Crippen molar-refractivity contribution in [1.82, 2.24) is 0 Å². The Morgan fingerprint density at radius 1 is 0.800 bits per heavy atom. The summed E-state index contributed by atoms with van der Waals surface area (Å²) in [5.41, 5.74) is 4.85. The highest BCUT2D eigenvalue weighted by atomic mass is 16.5. The minimum absolute atomic E-state index is 0.129. The standard InChI is InChI=1S/C22H21NO2/c1-15-7-11-19(12-8-15)25-20-13-9-18(10-14-20)22(24)23-21-6-4-5-16(2)17(21)3/h4-14H,1-3H3,(H,23,24). The number of ether oxygens (including phenoxy) is 1. The second-order valence-electron chi connectivity index (χ2n) is 6.14. The molecule has 0 heterocycles. The van der Waals surface area contributed by atoms with E-state index in [0.717, 1.165) is 22.6 Å². The van der Waals surface area contributed by atoms with Crippen molar-refractivity contribution in [2.45, 2.75) is 20.8 Å². The lowest BCUT2D eigenvalue weighted by atomic mass is 10.1. The van der Waals surface area contributed by atoms with E-state index in [4.69, 9.17) is 4.74 Å². The molecule has 3 nitrogen and oxygen atoms in total. The van der Waals surface area contributed by atoms with Gasteiger partial charge in [0, 0.05) is 11.3 Å². The minimum atomic E-state index is -0.129. The summed E-state index contributed by atoms with van der Waals surface area (Å²) >= 11 is 0. The Hall–Kier alpha value is -3.07. The lowest BCUT2D eigenvalue weighted by molar-refractivity contribution is 0.102. The smallest absolute Gasteiger partial charge is 0.255 e. The molecule has 0 unspecified atom stereocenters. The first-order chi connectivity index (χ1) is 12.0. The number of rotatable bonds is 4. The average molecular weight is 331 g/mol. The summed E-state index contributed by atoms with van der Waals surface area (Å²) < 4.78 is 5.79. The summed E-state index contributed by atoms with van der Waals surface area (Å²) in [4.78, 5) is 12.4. The largest absolute Gasteiger partial charge is 0.457 e. The number of nitrogens with one attached hydrogen (secondary N) is 1. The maximum atomic E-state index is 12.4. The maximum absolute atomic E-state index is 12.4. The van der Waals surface area contributed by atoms with Crippen molar-refractivity contribution in [3.8, 4) is 11.5 Å². The molecule has 25 heavy (non-hydrogen) atoms. The highest BCUT2D eigenvalue weighted by Gasteiger charge is 2.09. The van der Waals surface area contributed by atoms with Gasteiger partial charge in [-0.2, -0.15) is 0 Å². The Morgan fingerprint density at radius 3 is 2.04 bits per heavy atom. The topological polar surface area (TPSA) is 38.3 Å². The number of carbonyl (C=O) groups excluding carboxylic acids is 1. The first-order valence-corrected chi connectivity index (χ1v) is 8.25. The van der Waals surface area contributed by atoms with E-state index in [1.807, 2.05) is 63.2 Å². The summed E-state index contributed by atoms with van der Waals surface area (Å²) in [6.45, 7) is 6.07. The van der Waals surface area contributed by atoms with Crippen molar-refractivity contribution in [3.63, 3.8) is 0 Å². The van der Waals surface area contributed by atoms with Crippen LogP contribution >= 0.6 is 0 Å². The number of anilines is 1.